The van der Waals surface area contributed by atoms with Gasteiger partial charge < -0.3 is 0 Å². The van der Waals surface area contributed by atoms with Crippen LogP contribution in [0.5, 0.6) is 0 Å². The zero-order valence-corrected chi connectivity index (χ0v) is 13.7. The Labute approximate surface area is 125 Å². The van der Waals surface area contributed by atoms with Crippen molar-refractivity contribution in [2.24, 2.45) is 0 Å². The van der Waals surface area contributed by atoms with Crippen LogP contribution in [0.15, 0.2) is 30.3 Å². The van der Waals surface area contributed by atoms with Crippen LogP contribution in [0, 0.1) is 13.8 Å². The van der Waals surface area contributed by atoms with Crippen molar-refractivity contribution in [1.29, 1.82) is 0 Å². The highest BCUT2D eigenvalue weighted by molar-refractivity contribution is 7.14. The van der Waals surface area contributed by atoms with Crippen molar-refractivity contribution in [3.05, 3.63) is 56.8 Å². The molecule has 0 aliphatic heterocycles. The molecule has 0 N–H and O–H groups in total. The molecule has 1 nitrogen and oxygen atoms in total. The van der Waals surface area contributed by atoms with E-state index in [-0.39, 0.29) is 11.2 Å². The fourth-order valence-corrected chi connectivity index (χ4v) is 3.08. The lowest BCUT2D eigenvalue weighted by Crippen LogP contribution is -2.11. The molecular weight excluding hydrogens is 264 g/mol. The summed E-state index contributed by atoms with van der Waals surface area (Å²) in [6, 6.07) is 10.4. The number of aryl methyl sites for hydroxylation is 2. The molecule has 2 aromatic rings. The lowest BCUT2D eigenvalue weighted by atomic mass is 9.86. The lowest BCUT2D eigenvalue weighted by Gasteiger charge is -2.19. The van der Waals surface area contributed by atoms with Gasteiger partial charge in [-0.15, -0.1) is 11.3 Å². The predicted molar refractivity (Wildman–Crippen MR) is 87.0 cm³/mol. The van der Waals surface area contributed by atoms with E-state index in [2.05, 4.69) is 58.9 Å². The predicted octanol–water partition coefficient (Wildman–Crippen LogP) is 5.09. The first-order chi connectivity index (χ1) is 9.27. The van der Waals surface area contributed by atoms with E-state index in [9.17, 15) is 4.79 Å². The molecule has 1 aromatic carbocycles. The minimum atomic E-state index is 0.157. The van der Waals surface area contributed by atoms with Gasteiger partial charge in [0.15, 0.2) is 5.78 Å². The van der Waals surface area contributed by atoms with E-state index in [0.29, 0.717) is 6.42 Å². The van der Waals surface area contributed by atoms with Gasteiger partial charge in [0, 0.05) is 11.3 Å². The number of benzene rings is 1. The van der Waals surface area contributed by atoms with Crippen LogP contribution in [0.25, 0.3) is 0 Å². The summed E-state index contributed by atoms with van der Waals surface area (Å²) in [4.78, 5) is 14.4. The Kier molecular flexibility index (Phi) is 4.14. The van der Waals surface area contributed by atoms with Gasteiger partial charge in [-0.05, 0) is 42.0 Å². The molecule has 0 saturated carbocycles. The molecule has 0 amide bonds. The first-order valence-electron chi connectivity index (χ1n) is 6.97. The van der Waals surface area contributed by atoms with E-state index < -0.39 is 0 Å². The average Bonchev–Trinajstić information content (AvgIpc) is 2.69. The summed E-state index contributed by atoms with van der Waals surface area (Å²) in [5.41, 5.74) is 3.76. The summed E-state index contributed by atoms with van der Waals surface area (Å²) >= 11 is 1.60. The maximum absolute atomic E-state index is 12.3. The second kappa shape index (κ2) is 5.53. The van der Waals surface area contributed by atoms with E-state index >= 15 is 0 Å². The van der Waals surface area contributed by atoms with Crippen molar-refractivity contribution in [3.63, 3.8) is 0 Å². The minimum Gasteiger partial charge on any atom is -0.293 e. The van der Waals surface area contributed by atoms with Crippen LogP contribution in [0.4, 0.5) is 0 Å². The molecule has 0 aliphatic carbocycles. The summed E-state index contributed by atoms with van der Waals surface area (Å²) in [6.45, 7) is 10.7. The normalized spacial score (nSPS) is 11.7. The van der Waals surface area contributed by atoms with Crippen LogP contribution in [-0.4, -0.2) is 5.78 Å². The van der Waals surface area contributed by atoms with Crippen molar-refractivity contribution in [2.75, 3.05) is 0 Å². The number of carbonyl (C=O) groups is 1. The molecule has 0 bridgehead atoms. The van der Waals surface area contributed by atoms with E-state index in [0.717, 1.165) is 10.4 Å². The maximum Gasteiger partial charge on any atom is 0.177 e. The Morgan fingerprint density at radius 1 is 1.10 bits per heavy atom. The minimum absolute atomic E-state index is 0.157. The zero-order chi connectivity index (χ0) is 14.9. The third-order valence-corrected chi connectivity index (χ3v) is 4.82. The van der Waals surface area contributed by atoms with Gasteiger partial charge in [-0.25, -0.2) is 0 Å². The molecule has 0 spiro atoms. The molecule has 0 unspecified atom stereocenters. The van der Waals surface area contributed by atoms with Crippen molar-refractivity contribution in [2.45, 2.75) is 46.5 Å². The molecule has 0 fully saturated rings. The number of ketones is 1. The van der Waals surface area contributed by atoms with Crippen LogP contribution in [-0.2, 0) is 11.8 Å². The van der Waals surface area contributed by atoms with Crippen LogP contribution >= 0.6 is 11.3 Å². The molecular formula is C18H22OS. The van der Waals surface area contributed by atoms with Crippen molar-refractivity contribution in [1.82, 2.24) is 0 Å². The van der Waals surface area contributed by atoms with Gasteiger partial charge in [-0.1, -0.05) is 45.0 Å². The number of rotatable bonds is 3. The van der Waals surface area contributed by atoms with Gasteiger partial charge in [-0.3, -0.25) is 4.79 Å². The van der Waals surface area contributed by atoms with Crippen molar-refractivity contribution < 1.29 is 4.79 Å². The largest absolute Gasteiger partial charge is 0.293 e. The topological polar surface area (TPSA) is 17.1 Å². The third-order valence-electron chi connectivity index (χ3n) is 3.63. The highest BCUT2D eigenvalue weighted by Gasteiger charge is 2.14. The Morgan fingerprint density at radius 2 is 1.70 bits per heavy atom. The molecule has 0 radical (unpaired) electrons. The average molecular weight is 286 g/mol. The standard InChI is InChI=1S/C18H22OS/c1-12-10-17(20-13(12)2)16(19)11-14-6-8-15(9-7-14)18(3,4)5/h6-10H,11H2,1-5H3. The smallest absolute Gasteiger partial charge is 0.177 e. The van der Waals surface area contributed by atoms with Crippen LogP contribution < -0.4 is 0 Å². The van der Waals surface area contributed by atoms with Gasteiger partial charge in [0.25, 0.3) is 0 Å². The highest BCUT2D eigenvalue weighted by Crippen LogP contribution is 2.24. The van der Waals surface area contributed by atoms with Gasteiger partial charge >= 0.3 is 0 Å². The Balaban J connectivity index is 2.12. The van der Waals surface area contributed by atoms with E-state index in [4.69, 9.17) is 0 Å². The second-order valence-electron chi connectivity index (χ2n) is 6.40. The fourth-order valence-electron chi connectivity index (χ4n) is 2.11. The Morgan fingerprint density at radius 3 is 2.15 bits per heavy atom. The van der Waals surface area contributed by atoms with Crippen LogP contribution in [0.2, 0.25) is 0 Å². The lowest BCUT2D eigenvalue weighted by molar-refractivity contribution is 0.0997. The van der Waals surface area contributed by atoms with Crippen molar-refractivity contribution in [3.8, 4) is 0 Å². The number of hydrogen-bond donors (Lipinski definition) is 0. The van der Waals surface area contributed by atoms with Crippen molar-refractivity contribution >= 4 is 17.1 Å². The molecule has 106 valence electrons. The highest BCUT2D eigenvalue weighted by atomic mass is 32.1. The van der Waals surface area contributed by atoms with Crippen LogP contribution in [0.1, 0.15) is 52.0 Å². The SMILES string of the molecule is Cc1cc(C(=O)Cc2ccc(C(C)(C)C)cc2)sc1C. The molecule has 2 rings (SSSR count). The number of thiophene rings is 1. The van der Waals surface area contributed by atoms with Gasteiger partial charge in [0.05, 0.1) is 4.88 Å². The number of hydrogen-bond acceptors (Lipinski definition) is 2. The Hall–Kier alpha value is -1.41. The first-order valence-corrected chi connectivity index (χ1v) is 7.78. The number of Topliss-reactive ketones (excluding diaryl/α,β-unsaturated/α-hetero) is 1. The molecule has 0 saturated heterocycles. The second-order valence-corrected chi connectivity index (χ2v) is 7.65. The van der Waals surface area contributed by atoms with E-state index in [1.54, 1.807) is 11.3 Å². The molecule has 0 aliphatic rings. The summed E-state index contributed by atoms with van der Waals surface area (Å²) in [6.07, 6.45) is 0.490. The summed E-state index contributed by atoms with van der Waals surface area (Å²) < 4.78 is 0. The Bertz CT molecular complexity index is 592. The first kappa shape index (κ1) is 15.0. The monoisotopic (exact) mass is 286 g/mol. The third kappa shape index (κ3) is 3.37. The van der Waals surface area contributed by atoms with Gasteiger partial charge in [-0.2, -0.15) is 0 Å². The fraction of sp³-hybridized carbons (Fsp3) is 0.389. The summed E-state index contributed by atoms with van der Waals surface area (Å²) in [7, 11) is 0. The summed E-state index contributed by atoms with van der Waals surface area (Å²) in [5.74, 6) is 0.217. The molecule has 1 heterocycles. The summed E-state index contributed by atoms with van der Waals surface area (Å²) in [5, 5.41) is 0. The number of carbonyl (C=O) groups excluding carboxylic acids is 1. The van der Waals surface area contributed by atoms with E-state index in [1.807, 2.05) is 6.07 Å². The molecule has 2 heteroatoms. The molecule has 20 heavy (non-hydrogen) atoms. The van der Waals surface area contributed by atoms with Gasteiger partial charge in [0.1, 0.15) is 0 Å². The zero-order valence-electron chi connectivity index (χ0n) is 12.9. The quantitative estimate of drug-likeness (QED) is 0.718. The molecule has 1 aromatic heterocycles. The maximum atomic E-state index is 12.3. The van der Waals surface area contributed by atoms with Gasteiger partial charge in [0.2, 0.25) is 0 Å². The molecule has 0 atom stereocenters. The van der Waals surface area contributed by atoms with Crippen LogP contribution in [0.3, 0.4) is 0 Å². The van der Waals surface area contributed by atoms with E-state index in [1.165, 1.54) is 16.0 Å².